The third-order valence-electron chi connectivity index (χ3n) is 4.48. The zero-order chi connectivity index (χ0) is 18.9. The van der Waals surface area contributed by atoms with Crippen LogP contribution in [0.1, 0.15) is 5.69 Å². The summed E-state index contributed by atoms with van der Waals surface area (Å²) in [6.07, 6.45) is 1.81. The number of amides is 2. The molecule has 1 aromatic heterocycles. The Hall–Kier alpha value is -2.80. The molecule has 1 aliphatic rings. The van der Waals surface area contributed by atoms with Crippen LogP contribution in [-0.2, 0) is 6.54 Å². The Balaban J connectivity index is 1.32. The summed E-state index contributed by atoms with van der Waals surface area (Å²) in [5, 5.41) is 2.92. The Morgan fingerprint density at radius 1 is 1.07 bits per heavy atom. The highest BCUT2D eigenvalue weighted by atomic mass is 16.5. The number of hydrogen-bond donors (Lipinski definition) is 1. The Bertz CT molecular complexity index is 701. The summed E-state index contributed by atoms with van der Waals surface area (Å²) in [6, 6.07) is 13.3. The van der Waals surface area contributed by atoms with Crippen molar-refractivity contribution in [2.45, 2.75) is 6.54 Å². The first kappa shape index (κ1) is 19.0. The van der Waals surface area contributed by atoms with Gasteiger partial charge in [0, 0.05) is 38.9 Å². The molecule has 0 spiro atoms. The fraction of sp³-hybridized carbons (Fsp3) is 0.400. The molecule has 27 heavy (non-hydrogen) atoms. The number of nitrogens with one attached hydrogen (secondary N) is 1. The van der Waals surface area contributed by atoms with E-state index in [0.29, 0.717) is 13.2 Å². The van der Waals surface area contributed by atoms with E-state index in [-0.39, 0.29) is 6.03 Å². The molecule has 0 atom stereocenters. The molecular formula is C20H26N4O3. The van der Waals surface area contributed by atoms with Crippen molar-refractivity contribution in [3.63, 3.8) is 0 Å². The van der Waals surface area contributed by atoms with Gasteiger partial charge in [0.1, 0.15) is 18.1 Å². The Labute approximate surface area is 159 Å². The summed E-state index contributed by atoms with van der Waals surface area (Å²) >= 11 is 0. The molecule has 1 aromatic carbocycles. The van der Waals surface area contributed by atoms with Crippen LogP contribution in [0.3, 0.4) is 0 Å². The van der Waals surface area contributed by atoms with Gasteiger partial charge >= 0.3 is 6.03 Å². The third kappa shape index (κ3) is 5.86. The summed E-state index contributed by atoms with van der Waals surface area (Å²) in [6.45, 7) is 4.87. The summed E-state index contributed by atoms with van der Waals surface area (Å²) in [7, 11) is 1.63. The largest absolute Gasteiger partial charge is 0.497 e. The minimum absolute atomic E-state index is 0.0363. The highest BCUT2D eigenvalue weighted by molar-refractivity contribution is 5.74. The van der Waals surface area contributed by atoms with E-state index in [0.717, 1.165) is 49.9 Å². The fourth-order valence-corrected chi connectivity index (χ4v) is 2.94. The van der Waals surface area contributed by atoms with Crippen molar-refractivity contribution in [3.05, 3.63) is 54.4 Å². The minimum atomic E-state index is -0.0363. The van der Waals surface area contributed by atoms with Crippen LogP contribution >= 0.6 is 0 Å². The van der Waals surface area contributed by atoms with Crippen molar-refractivity contribution in [2.24, 2.45) is 0 Å². The molecular weight excluding hydrogens is 344 g/mol. The van der Waals surface area contributed by atoms with E-state index in [1.165, 1.54) is 0 Å². The summed E-state index contributed by atoms with van der Waals surface area (Å²) in [4.78, 5) is 20.8. The van der Waals surface area contributed by atoms with Gasteiger partial charge in [-0.05, 0) is 36.4 Å². The molecule has 3 rings (SSSR count). The molecule has 2 amide bonds. The van der Waals surface area contributed by atoms with Gasteiger partial charge in [0.25, 0.3) is 0 Å². The van der Waals surface area contributed by atoms with Crippen LogP contribution in [0.25, 0.3) is 0 Å². The van der Waals surface area contributed by atoms with E-state index >= 15 is 0 Å². The van der Waals surface area contributed by atoms with E-state index in [9.17, 15) is 4.79 Å². The number of nitrogens with zero attached hydrogens (tertiary/aromatic N) is 3. The molecule has 0 unspecified atom stereocenters. The van der Waals surface area contributed by atoms with Gasteiger partial charge in [-0.3, -0.25) is 9.88 Å². The SMILES string of the molecule is COc1ccc(OCCNC(=O)N2CCN(Cc3ccccn3)CC2)cc1. The van der Waals surface area contributed by atoms with Crippen LogP contribution in [0, 0.1) is 0 Å². The zero-order valence-electron chi connectivity index (χ0n) is 15.6. The number of aromatic nitrogens is 1. The number of urea groups is 1. The second-order valence-electron chi connectivity index (χ2n) is 6.34. The van der Waals surface area contributed by atoms with Crippen LogP contribution in [0.2, 0.25) is 0 Å². The van der Waals surface area contributed by atoms with Crippen molar-refractivity contribution in [1.82, 2.24) is 20.1 Å². The first-order valence-corrected chi connectivity index (χ1v) is 9.16. The van der Waals surface area contributed by atoms with Crippen molar-refractivity contribution in [3.8, 4) is 11.5 Å². The number of piperazine rings is 1. The second-order valence-corrected chi connectivity index (χ2v) is 6.34. The van der Waals surface area contributed by atoms with Crippen molar-refractivity contribution < 1.29 is 14.3 Å². The molecule has 0 radical (unpaired) electrons. The van der Waals surface area contributed by atoms with E-state index in [2.05, 4.69) is 15.2 Å². The average Bonchev–Trinajstić information content (AvgIpc) is 2.73. The number of carbonyl (C=O) groups excluding carboxylic acids is 1. The van der Waals surface area contributed by atoms with Crippen LogP contribution in [0.5, 0.6) is 11.5 Å². The number of benzene rings is 1. The fourth-order valence-electron chi connectivity index (χ4n) is 2.94. The van der Waals surface area contributed by atoms with Crippen LogP contribution in [0.4, 0.5) is 4.79 Å². The number of hydrogen-bond acceptors (Lipinski definition) is 5. The predicted octanol–water partition coefficient (Wildman–Crippen LogP) is 2.00. The maximum atomic E-state index is 12.3. The zero-order valence-corrected chi connectivity index (χ0v) is 15.6. The average molecular weight is 370 g/mol. The Morgan fingerprint density at radius 2 is 1.81 bits per heavy atom. The molecule has 0 saturated carbocycles. The summed E-state index contributed by atoms with van der Waals surface area (Å²) < 4.78 is 10.7. The van der Waals surface area contributed by atoms with E-state index in [1.54, 1.807) is 7.11 Å². The number of carbonyl (C=O) groups is 1. The maximum absolute atomic E-state index is 12.3. The van der Waals surface area contributed by atoms with Crippen molar-refractivity contribution in [2.75, 3.05) is 46.4 Å². The van der Waals surface area contributed by atoms with Gasteiger partial charge in [0.05, 0.1) is 19.3 Å². The molecule has 2 heterocycles. The molecule has 0 bridgehead atoms. The lowest BCUT2D eigenvalue weighted by atomic mass is 10.3. The lowest BCUT2D eigenvalue weighted by molar-refractivity contribution is 0.133. The quantitative estimate of drug-likeness (QED) is 0.755. The maximum Gasteiger partial charge on any atom is 0.317 e. The molecule has 144 valence electrons. The van der Waals surface area contributed by atoms with Gasteiger partial charge in [0.15, 0.2) is 0 Å². The van der Waals surface area contributed by atoms with Crippen molar-refractivity contribution in [1.29, 1.82) is 0 Å². The molecule has 1 fully saturated rings. The summed E-state index contributed by atoms with van der Waals surface area (Å²) in [5.74, 6) is 1.55. The molecule has 1 saturated heterocycles. The first-order valence-electron chi connectivity index (χ1n) is 9.16. The third-order valence-corrected chi connectivity index (χ3v) is 4.48. The van der Waals surface area contributed by atoms with Gasteiger partial charge in [-0.15, -0.1) is 0 Å². The van der Waals surface area contributed by atoms with E-state index in [4.69, 9.17) is 9.47 Å². The normalized spacial score (nSPS) is 14.6. The molecule has 1 N–H and O–H groups in total. The monoisotopic (exact) mass is 370 g/mol. The first-order chi connectivity index (χ1) is 13.2. The number of ether oxygens (including phenoxy) is 2. The lowest BCUT2D eigenvalue weighted by Crippen LogP contribution is -2.51. The van der Waals surface area contributed by atoms with E-state index in [1.807, 2.05) is 53.6 Å². The second kappa shape index (κ2) is 9.78. The lowest BCUT2D eigenvalue weighted by Gasteiger charge is -2.34. The van der Waals surface area contributed by atoms with Crippen molar-refractivity contribution >= 4 is 6.03 Å². The number of pyridine rings is 1. The molecule has 7 nitrogen and oxygen atoms in total. The molecule has 0 aliphatic carbocycles. The summed E-state index contributed by atoms with van der Waals surface area (Å²) in [5.41, 5.74) is 1.06. The van der Waals surface area contributed by atoms with Gasteiger partial charge < -0.3 is 19.7 Å². The molecule has 2 aromatic rings. The van der Waals surface area contributed by atoms with Gasteiger partial charge in [-0.25, -0.2) is 4.79 Å². The number of methoxy groups -OCH3 is 1. The highest BCUT2D eigenvalue weighted by Crippen LogP contribution is 2.16. The van der Waals surface area contributed by atoms with Crippen LogP contribution < -0.4 is 14.8 Å². The van der Waals surface area contributed by atoms with Crippen LogP contribution in [-0.4, -0.2) is 67.3 Å². The topological polar surface area (TPSA) is 66.9 Å². The van der Waals surface area contributed by atoms with Gasteiger partial charge in [-0.1, -0.05) is 6.07 Å². The Kier molecular flexibility index (Phi) is 6.87. The minimum Gasteiger partial charge on any atom is -0.497 e. The smallest absolute Gasteiger partial charge is 0.317 e. The highest BCUT2D eigenvalue weighted by Gasteiger charge is 2.20. The predicted molar refractivity (Wildman–Crippen MR) is 103 cm³/mol. The Morgan fingerprint density at radius 3 is 2.48 bits per heavy atom. The standard InChI is InChI=1S/C20H26N4O3/c1-26-18-5-7-19(8-6-18)27-15-10-22-20(25)24-13-11-23(12-14-24)16-17-4-2-3-9-21-17/h2-9H,10-16H2,1H3,(H,22,25). The molecule has 1 aliphatic heterocycles. The van der Waals surface area contributed by atoms with Crippen LogP contribution in [0.15, 0.2) is 48.7 Å². The van der Waals surface area contributed by atoms with E-state index < -0.39 is 0 Å². The van der Waals surface area contributed by atoms with Gasteiger partial charge in [0.2, 0.25) is 0 Å². The number of rotatable bonds is 7. The van der Waals surface area contributed by atoms with Gasteiger partial charge in [-0.2, -0.15) is 0 Å². The molecule has 7 heteroatoms.